The highest BCUT2D eigenvalue weighted by Crippen LogP contribution is 2.10. The average molecular weight is 256 g/mol. The number of hydrogen-bond acceptors (Lipinski definition) is 3. The van der Waals surface area contributed by atoms with Crippen molar-refractivity contribution in [3.8, 4) is 0 Å². The first-order valence-electron chi connectivity index (χ1n) is 5.81. The number of rotatable bonds is 5. The molecule has 1 heterocycles. The van der Waals surface area contributed by atoms with Crippen LogP contribution in [0.2, 0.25) is 5.15 Å². The maximum absolute atomic E-state index is 11.8. The van der Waals surface area contributed by atoms with Gasteiger partial charge in [-0.2, -0.15) is 0 Å². The number of carbonyl (C=O) groups excluding carboxylic acids is 1. The summed E-state index contributed by atoms with van der Waals surface area (Å²) in [4.78, 5) is 19.5. The van der Waals surface area contributed by atoms with E-state index in [1.54, 1.807) is 0 Å². The first kappa shape index (κ1) is 13.9. The fourth-order valence-electron chi connectivity index (χ4n) is 1.56. The van der Waals surface area contributed by atoms with Crippen LogP contribution in [0.15, 0.2) is 12.4 Å². The van der Waals surface area contributed by atoms with E-state index in [1.807, 2.05) is 6.92 Å². The molecule has 2 unspecified atom stereocenters. The van der Waals surface area contributed by atoms with Crippen LogP contribution in [0.4, 0.5) is 0 Å². The molecule has 4 nitrogen and oxygen atoms in total. The number of nitrogens with zero attached hydrogens (tertiary/aromatic N) is 2. The zero-order chi connectivity index (χ0) is 12.8. The van der Waals surface area contributed by atoms with Crippen molar-refractivity contribution in [2.45, 2.75) is 39.7 Å². The van der Waals surface area contributed by atoms with Crippen LogP contribution in [0.25, 0.3) is 0 Å². The lowest BCUT2D eigenvalue weighted by atomic mass is 10.0. The molecule has 1 rings (SSSR count). The summed E-state index contributed by atoms with van der Waals surface area (Å²) in [5.41, 5.74) is 0.297. The van der Waals surface area contributed by atoms with Gasteiger partial charge in [-0.3, -0.25) is 4.79 Å². The minimum absolute atomic E-state index is 0.134. The Morgan fingerprint density at radius 1 is 1.41 bits per heavy atom. The summed E-state index contributed by atoms with van der Waals surface area (Å²) >= 11 is 5.60. The third-order valence-electron chi connectivity index (χ3n) is 2.68. The molecule has 2 atom stereocenters. The minimum Gasteiger partial charge on any atom is -0.348 e. The van der Waals surface area contributed by atoms with Gasteiger partial charge in [0.15, 0.2) is 0 Å². The van der Waals surface area contributed by atoms with E-state index in [1.165, 1.54) is 12.4 Å². The third kappa shape index (κ3) is 4.69. The van der Waals surface area contributed by atoms with E-state index in [0.29, 0.717) is 11.6 Å². The van der Waals surface area contributed by atoms with Crippen molar-refractivity contribution in [3.63, 3.8) is 0 Å². The predicted octanol–water partition coefficient (Wildman–Crippen LogP) is 2.68. The van der Waals surface area contributed by atoms with Gasteiger partial charge in [0.1, 0.15) is 10.8 Å². The van der Waals surface area contributed by atoms with E-state index in [9.17, 15) is 4.79 Å². The van der Waals surface area contributed by atoms with Gasteiger partial charge in [0.05, 0.1) is 12.4 Å². The number of halogens is 1. The van der Waals surface area contributed by atoms with E-state index >= 15 is 0 Å². The molecular formula is C12H18ClN3O. The molecule has 0 saturated carbocycles. The van der Waals surface area contributed by atoms with Crippen LogP contribution in [0.5, 0.6) is 0 Å². The van der Waals surface area contributed by atoms with E-state index in [4.69, 9.17) is 11.6 Å². The molecule has 0 fully saturated rings. The quantitative estimate of drug-likeness (QED) is 0.880. The molecule has 17 heavy (non-hydrogen) atoms. The molecule has 5 heteroatoms. The van der Waals surface area contributed by atoms with Gasteiger partial charge >= 0.3 is 0 Å². The molecule has 1 amide bonds. The van der Waals surface area contributed by atoms with Crippen LogP contribution in [0.1, 0.15) is 44.1 Å². The average Bonchev–Trinajstić information content (AvgIpc) is 2.29. The van der Waals surface area contributed by atoms with Crippen molar-refractivity contribution in [1.82, 2.24) is 15.3 Å². The monoisotopic (exact) mass is 255 g/mol. The van der Waals surface area contributed by atoms with Crippen LogP contribution in [0, 0.1) is 5.92 Å². The maximum atomic E-state index is 11.8. The van der Waals surface area contributed by atoms with Gasteiger partial charge in [-0.05, 0) is 19.3 Å². The molecule has 1 aromatic rings. The van der Waals surface area contributed by atoms with Crippen molar-refractivity contribution in [3.05, 3.63) is 23.2 Å². The first-order valence-corrected chi connectivity index (χ1v) is 6.19. The van der Waals surface area contributed by atoms with Crippen molar-refractivity contribution in [2.24, 2.45) is 5.92 Å². The fraction of sp³-hybridized carbons (Fsp3) is 0.583. The summed E-state index contributed by atoms with van der Waals surface area (Å²) in [5, 5.41) is 3.18. The number of hydrogen-bond donors (Lipinski definition) is 1. The van der Waals surface area contributed by atoms with Crippen LogP contribution >= 0.6 is 11.6 Å². The van der Waals surface area contributed by atoms with Crippen molar-refractivity contribution in [1.29, 1.82) is 0 Å². The Morgan fingerprint density at radius 3 is 2.65 bits per heavy atom. The van der Waals surface area contributed by atoms with Crippen LogP contribution in [-0.2, 0) is 0 Å². The molecule has 0 aromatic carbocycles. The lowest BCUT2D eigenvalue weighted by molar-refractivity contribution is 0.0930. The number of carbonyl (C=O) groups is 1. The Bertz CT molecular complexity index is 367. The molecule has 0 aliphatic rings. The van der Waals surface area contributed by atoms with Gasteiger partial charge in [-0.15, -0.1) is 0 Å². The van der Waals surface area contributed by atoms with E-state index in [0.717, 1.165) is 12.8 Å². The van der Waals surface area contributed by atoms with Crippen LogP contribution < -0.4 is 5.32 Å². The Hall–Kier alpha value is -1.16. The molecule has 0 aliphatic heterocycles. The Kier molecular flexibility index (Phi) is 5.35. The van der Waals surface area contributed by atoms with Gasteiger partial charge in [-0.25, -0.2) is 9.97 Å². The molecule has 0 bridgehead atoms. The second kappa shape index (κ2) is 6.55. The Labute approximate surface area is 107 Å². The summed E-state index contributed by atoms with van der Waals surface area (Å²) in [6.07, 6.45) is 4.83. The van der Waals surface area contributed by atoms with E-state index in [-0.39, 0.29) is 17.1 Å². The van der Waals surface area contributed by atoms with Crippen molar-refractivity contribution >= 4 is 17.5 Å². The molecular weight excluding hydrogens is 238 g/mol. The minimum atomic E-state index is -0.204. The summed E-state index contributed by atoms with van der Waals surface area (Å²) in [6.45, 7) is 6.31. The maximum Gasteiger partial charge on any atom is 0.271 e. The third-order valence-corrected chi connectivity index (χ3v) is 2.88. The highest BCUT2D eigenvalue weighted by atomic mass is 35.5. The highest BCUT2D eigenvalue weighted by Gasteiger charge is 2.13. The van der Waals surface area contributed by atoms with Crippen LogP contribution in [0.3, 0.4) is 0 Å². The largest absolute Gasteiger partial charge is 0.348 e. The molecule has 1 aromatic heterocycles. The Morgan fingerprint density at radius 2 is 2.12 bits per heavy atom. The molecule has 94 valence electrons. The second-order valence-corrected chi connectivity index (χ2v) is 4.74. The SMILES string of the molecule is CCC(C)CC(C)NC(=O)c1cnc(Cl)cn1. The number of amides is 1. The molecule has 0 aliphatic carbocycles. The fourth-order valence-corrected chi connectivity index (χ4v) is 1.65. The number of nitrogens with one attached hydrogen (secondary N) is 1. The normalized spacial score (nSPS) is 14.1. The second-order valence-electron chi connectivity index (χ2n) is 4.35. The van der Waals surface area contributed by atoms with Crippen LogP contribution in [-0.4, -0.2) is 21.9 Å². The standard InChI is InChI=1S/C12H18ClN3O/c1-4-8(2)5-9(3)16-12(17)10-6-15-11(13)7-14-10/h6-9H,4-5H2,1-3H3,(H,16,17). The lowest BCUT2D eigenvalue weighted by Crippen LogP contribution is -2.34. The predicted molar refractivity (Wildman–Crippen MR) is 68.0 cm³/mol. The van der Waals surface area contributed by atoms with Gasteiger partial charge in [0.2, 0.25) is 0 Å². The topological polar surface area (TPSA) is 54.9 Å². The first-order chi connectivity index (χ1) is 8.02. The van der Waals surface area contributed by atoms with E-state index in [2.05, 4.69) is 29.1 Å². The smallest absolute Gasteiger partial charge is 0.271 e. The zero-order valence-electron chi connectivity index (χ0n) is 10.4. The lowest BCUT2D eigenvalue weighted by Gasteiger charge is -2.17. The Balaban J connectivity index is 2.51. The van der Waals surface area contributed by atoms with Gasteiger partial charge in [-0.1, -0.05) is 31.9 Å². The summed E-state index contributed by atoms with van der Waals surface area (Å²) in [6, 6.07) is 0.134. The van der Waals surface area contributed by atoms with Crippen molar-refractivity contribution < 1.29 is 4.79 Å². The van der Waals surface area contributed by atoms with Gasteiger partial charge < -0.3 is 5.32 Å². The summed E-state index contributed by atoms with van der Waals surface area (Å²) < 4.78 is 0. The van der Waals surface area contributed by atoms with Gasteiger partial charge in [0.25, 0.3) is 5.91 Å². The zero-order valence-corrected chi connectivity index (χ0v) is 11.2. The highest BCUT2D eigenvalue weighted by molar-refractivity contribution is 6.29. The molecule has 0 saturated heterocycles. The molecule has 0 spiro atoms. The van der Waals surface area contributed by atoms with E-state index < -0.39 is 0 Å². The van der Waals surface area contributed by atoms with Crippen molar-refractivity contribution in [2.75, 3.05) is 0 Å². The summed E-state index contributed by atoms with van der Waals surface area (Å²) in [5.74, 6) is 0.395. The molecule has 1 N–H and O–H groups in total. The number of aromatic nitrogens is 2. The molecule has 0 radical (unpaired) electrons. The van der Waals surface area contributed by atoms with Gasteiger partial charge in [0, 0.05) is 6.04 Å². The summed E-state index contributed by atoms with van der Waals surface area (Å²) in [7, 11) is 0.